The van der Waals surface area contributed by atoms with Gasteiger partial charge in [0.1, 0.15) is 0 Å². The fourth-order valence-corrected chi connectivity index (χ4v) is 1.85. The van der Waals surface area contributed by atoms with Crippen molar-refractivity contribution in [3.05, 3.63) is 0 Å². The van der Waals surface area contributed by atoms with Gasteiger partial charge in [0.15, 0.2) is 10.3 Å². The molecule has 14 heavy (non-hydrogen) atoms. The van der Waals surface area contributed by atoms with Crippen LogP contribution in [0, 0.1) is 0 Å². The largest absolute Gasteiger partial charge is 1.00 e. The first-order valence-electron chi connectivity index (χ1n) is 4.51. The van der Waals surface area contributed by atoms with E-state index < -0.39 is 10.3 Å². The maximum absolute atomic E-state index is 10.2. The molecule has 0 spiro atoms. The van der Waals surface area contributed by atoms with E-state index in [1.807, 2.05) is 4.72 Å². The Morgan fingerprint density at radius 1 is 1.21 bits per heavy atom. The smallest absolute Gasteiger partial charge is 0.735 e. The quantitative estimate of drug-likeness (QED) is 0.402. The van der Waals surface area contributed by atoms with Crippen molar-refractivity contribution in [2.45, 2.75) is 19.3 Å². The van der Waals surface area contributed by atoms with Crippen molar-refractivity contribution in [2.75, 3.05) is 26.2 Å². The van der Waals surface area contributed by atoms with Crippen LogP contribution in [0.15, 0.2) is 0 Å². The molecule has 1 N–H and O–H groups in total. The summed E-state index contributed by atoms with van der Waals surface area (Å²) in [6.07, 6.45) is 3.60. The molecule has 0 aromatic rings. The molecule has 7 heteroatoms. The fraction of sp³-hybridized carbons (Fsp3) is 1.00. The first-order chi connectivity index (χ1) is 6.08. The second-order valence-electron chi connectivity index (χ2n) is 3.25. The molecule has 0 unspecified atom stereocenters. The van der Waals surface area contributed by atoms with Crippen LogP contribution in [0.1, 0.15) is 19.3 Å². The van der Waals surface area contributed by atoms with Crippen LogP contribution in [0.3, 0.4) is 0 Å². The molecule has 0 amide bonds. The van der Waals surface area contributed by atoms with Crippen molar-refractivity contribution < 1.29 is 42.5 Å². The number of likely N-dealkylation sites (tertiary alicyclic amines) is 1. The standard InChI is InChI=1S/C7H16N2O3S.Na/c10-13(11,12)8-4-7-9-5-2-1-3-6-9;/h8H,1-7H2,(H,10,11,12);/q;+1/p-1. The number of nitrogens with one attached hydrogen (secondary N) is 1. The zero-order valence-corrected chi connectivity index (χ0v) is 11.3. The van der Waals surface area contributed by atoms with E-state index in [0.29, 0.717) is 6.54 Å². The summed E-state index contributed by atoms with van der Waals surface area (Å²) >= 11 is 0. The summed E-state index contributed by atoms with van der Waals surface area (Å²) < 4.78 is 32.5. The van der Waals surface area contributed by atoms with Crippen LogP contribution in [0.25, 0.3) is 0 Å². The molecule has 0 radical (unpaired) electrons. The Morgan fingerprint density at radius 2 is 1.79 bits per heavy atom. The van der Waals surface area contributed by atoms with Crippen LogP contribution in [0.5, 0.6) is 0 Å². The number of hydrogen-bond acceptors (Lipinski definition) is 4. The Hall–Kier alpha value is 0.830. The van der Waals surface area contributed by atoms with Gasteiger partial charge in [0.25, 0.3) is 0 Å². The van der Waals surface area contributed by atoms with E-state index in [1.165, 1.54) is 19.3 Å². The Kier molecular flexibility index (Phi) is 7.59. The first kappa shape index (κ1) is 14.8. The molecule has 78 valence electrons. The molecule has 1 fully saturated rings. The van der Waals surface area contributed by atoms with Gasteiger partial charge in [-0.15, -0.1) is 0 Å². The monoisotopic (exact) mass is 230 g/mol. The molecule has 1 heterocycles. The molecule has 5 nitrogen and oxygen atoms in total. The van der Waals surface area contributed by atoms with Gasteiger partial charge in [-0.2, -0.15) is 0 Å². The van der Waals surface area contributed by atoms with Gasteiger partial charge in [-0.05, 0) is 25.9 Å². The van der Waals surface area contributed by atoms with Crippen LogP contribution in [-0.4, -0.2) is 44.0 Å². The van der Waals surface area contributed by atoms with E-state index in [9.17, 15) is 13.0 Å². The summed E-state index contributed by atoms with van der Waals surface area (Å²) in [5.41, 5.74) is 0. The molecule has 0 aromatic heterocycles. The van der Waals surface area contributed by atoms with Gasteiger partial charge in [0.2, 0.25) is 0 Å². The number of rotatable bonds is 4. The minimum atomic E-state index is -4.25. The van der Waals surface area contributed by atoms with Crippen molar-refractivity contribution in [3.8, 4) is 0 Å². The van der Waals surface area contributed by atoms with Crippen LogP contribution in [0.4, 0.5) is 0 Å². The van der Waals surface area contributed by atoms with E-state index in [0.717, 1.165) is 13.1 Å². The maximum Gasteiger partial charge on any atom is 1.00 e. The third-order valence-corrected chi connectivity index (χ3v) is 2.71. The van der Waals surface area contributed by atoms with Gasteiger partial charge in [0, 0.05) is 13.1 Å². The molecule has 0 bridgehead atoms. The van der Waals surface area contributed by atoms with E-state index in [1.54, 1.807) is 0 Å². The Balaban J connectivity index is 0.00000169. The van der Waals surface area contributed by atoms with Crippen molar-refractivity contribution in [2.24, 2.45) is 0 Å². The van der Waals surface area contributed by atoms with Crippen LogP contribution in [0.2, 0.25) is 0 Å². The van der Waals surface area contributed by atoms with E-state index in [2.05, 4.69) is 4.90 Å². The second-order valence-corrected chi connectivity index (χ2v) is 4.45. The van der Waals surface area contributed by atoms with Crippen LogP contribution < -0.4 is 34.3 Å². The molecule has 1 rings (SSSR count). The number of hydrogen-bond donors (Lipinski definition) is 1. The third kappa shape index (κ3) is 7.17. The average molecular weight is 230 g/mol. The molecular formula is C7H15N2NaO3S. The van der Waals surface area contributed by atoms with Crippen LogP contribution in [-0.2, 0) is 10.3 Å². The first-order valence-corrected chi connectivity index (χ1v) is 5.91. The summed E-state index contributed by atoms with van der Waals surface area (Å²) in [5, 5.41) is 0. The second kappa shape index (κ2) is 7.16. The zero-order valence-electron chi connectivity index (χ0n) is 8.53. The van der Waals surface area contributed by atoms with Crippen molar-refractivity contribution in [1.82, 2.24) is 9.62 Å². The molecular weight excluding hydrogens is 215 g/mol. The summed E-state index contributed by atoms with van der Waals surface area (Å²) in [6, 6.07) is 0. The third-order valence-electron chi connectivity index (χ3n) is 2.16. The summed E-state index contributed by atoms with van der Waals surface area (Å²) in [7, 11) is -4.25. The van der Waals surface area contributed by atoms with Gasteiger partial charge in [0.05, 0.1) is 0 Å². The van der Waals surface area contributed by atoms with E-state index in [4.69, 9.17) is 0 Å². The molecule has 1 saturated heterocycles. The molecule has 0 aliphatic carbocycles. The fourth-order valence-electron chi connectivity index (χ4n) is 1.51. The Labute approximate surface area is 107 Å². The number of piperidine rings is 1. The minimum Gasteiger partial charge on any atom is -0.735 e. The SMILES string of the molecule is O=S(=O)([O-])NCCN1CCCCC1.[Na+]. The predicted molar refractivity (Wildman–Crippen MR) is 48.0 cm³/mol. The minimum absolute atomic E-state index is 0. The summed E-state index contributed by atoms with van der Waals surface area (Å²) in [6.45, 7) is 2.90. The van der Waals surface area contributed by atoms with Gasteiger partial charge in [-0.1, -0.05) is 6.42 Å². The molecule has 1 aliphatic rings. The summed E-state index contributed by atoms with van der Waals surface area (Å²) in [5.74, 6) is 0. The predicted octanol–water partition coefficient (Wildman–Crippen LogP) is -3.47. The van der Waals surface area contributed by atoms with Gasteiger partial charge in [-0.3, -0.25) is 0 Å². The Morgan fingerprint density at radius 3 is 2.29 bits per heavy atom. The average Bonchev–Trinajstić information content (AvgIpc) is 2.04. The van der Waals surface area contributed by atoms with Gasteiger partial charge < -0.3 is 9.45 Å². The Bertz CT molecular complexity index is 239. The van der Waals surface area contributed by atoms with Crippen molar-refractivity contribution >= 4 is 10.3 Å². The van der Waals surface area contributed by atoms with E-state index in [-0.39, 0.29) is 36.1 Å². The van der Waals surface area contributed by atoms with Gasteiger partial charge >= 0.3 is 29.6 Å². The topological polar surface area (TPSA) is 72.5 Å². The maximum atomic E-state index is 10.2. The molecule has 0 aromatic carbocycles. The normalized spacial score (nSPS) is 18.9. The molecule has 0 atom stereocenters. The van der Waals surface area contributed by atoms with Crippen molar-refractivity contribution in [3.63, 3.8) is 0 Å². The zero-order chi connectivity index (χ0) is 9.73. The van der Waals surface area contributed by atoms with Gasteiger partial charge in [-0.25, -0.2) is 13.1 Å². The van der Waals surface area contributed by atoms with E-state index >= 15 is 0 Å². The molecule has 1 aliphatic heterocycles. The van der Waals surface area contributed by atoms with Crippen molar-refractivity contribution in [1.29, 1.82) is 0 Å². The number of nitrogens with zero attached hydrogens (tertiary/aromatic N) is 1. The molecule has 0 saturated carbocycles. The summed E-state index contributed by atoms with van der Waals surface area (Å²) in [4.78, 5) is 2.17. The van der Waals surface area contributed by atoms with Crippen LogP contribution >= 0.6 is 0 Å².